The molecule has 0 fully saturated rings. The lowest BCUT2D eigenvalue weighted by Crippen LogP contribution is -2.28. The Bertz CT molecular complexity index is 722. The maximum atomic E-state index is 11.9. The van der Waals surface area contributed by atoms with E-state index in [0.29, 0.717) is 5.75 Å². The van der Waals surface area contributed by atoms with Crippen molar-refractivity contribution < 1.29 is 13.2 Å². The number of thioether (sulfide) groups is 1. The van der Waals surface area contributed by atoms with Gasteiger partial charge in [0.2, 0.25) is 5.91 Å². The number of carbonyl (C=O) groups excluding carboxylic acids is 1. The summed E-state index contributed by atoms with van der Waals surface area (Å²) in [5, 5.41) is 4.89. The van der Waals surface area contributed by atoms with Gasteiger partial charge in [-0.1, -0.05) is 18.2 Å². The lowest BCUT2D eigenvalue weighted by Gasteiger charge is -2.14. The van der Waals surface area contributed by atoms with E-state index in [1.165, 1.54) is 18.0 Å². The molecule has 1 aromatic heterocycles. The van der Waals surface area contributed by atoms with Crippen molar-refractivity contribution >= 4 is 38.8 Å². The Morgan fingerprint density at radius 1 is 1.27 bits per heavy atom. The topological polar surface area (TPSA) is 63.2 Å². The van der Waals surface area contributed by atoms with Crippen LogP contribution in [0.2, 0.25) is 0 Å². The van der Waals surface area contributed by atoms with Gasteiger partial charge in [0, 0.05) is 6.26 Å². The van der Waals surface area contributed by atoms with Crippen LogP contribution >= 0.6 is 23.1 Å². The highest BCUT2D eigenvalue weighted by molar-refractivity contribution is 8.01. The number of thiophene rings is 1. The number of carbonyl (C=O) groups is 1. The summed E-state index contributed by atoms with van der Waals surface area (Å²) in [4.78, 5) is 12.2. The summed E-state index contributed by atoms with van der Waals surface area (Å²) in [6, 6.07) is 10.4. The van der Waals surface area contributed by atoms with E-state index in [9.17, 15) is 13.2 Å². The van der Waals surface area contributed by atoms with Crippen LogP contribution in [-0.2, 0) is 14.6 Å². The Morgan fingerprint density at radius 2 is 1.95 bits per heavy atom. The molecule has 0 spiro atoms. The molecule has 0 radical (unpaired) electrons. The minimum Gasteiger partial charge on any atom is -0.349 e. The molecule has 2 rings (SSSR count). The first kappa shape index (κ1) is 17.1. The number of nitrogens with one attached hydrogen (secondary N) is 1. The van der Waals surface area contributed by atoms with Crippen molar-refractivity contribution in [3.05, 3.63) is 47.3 Å². The van der Waals surface area contributed by atoms with Gasteiger partial charge in [-0.25, -0.2) is 8.42 Å². The fraction of sp³-hybridized carbons (Fsp3) is 0.267. The van der Waals surface area contributed by atoms with Gasteiger partial charge >= 0.3 is 0 Å². The third-order valence-electron chi connectivity index (χ3n) is 3.03. The number of hydrogen-bond acceptors (Lipinski definition) is 5. The first-order valence-electron chi connectivity index (χ1n) is 6.62. The molecule has 1 N–H and O–H groups in total. The Balaban J connectivity index is 1.91. The van der Waals surface area contributed by atoms with Gasteiger partial charge in [-0.3, -0.25) is 4.79 Å². The van der Waals surface area contributed by atoms with Gasteiger partial charge in [0.1, 0.15) is 0 Å². The van der Waals surface area contributed by atoms with Gasteiger partial charge in [0.25, 0.3) is 0 Å². The predicted molar refractivity (Wildman–Crippen MR) is 91.2 cm³/mol. The maximum absolute atomic E-state index is 11.9. The third-order valence-corrected chi connectivity index (χ3v) is 6.29. The van der Waals surface area contributed by atoms with Gasteiger partial charge in [-0.15, -0.1) is 23.1 Å². The van der Waals surface area contributed by atoms with Gasteiger partial charge in [0.15, 0.2) is 9.84 Å². The van der Waals surface area contributed by atoms with Crippen LogP contribution in [0.1, 0.15) is 18.5 Å². The van der Waals surface area contributed by atoms with Crippen LogP contribution in [0.15, 0.2) is 50.9 Å². The molecule has 0 aliphatic heterocycles. The lowest BCUT2D eigenvalue weighted by atomic mass is 10.1. The van der Waals surface area contributed by atoms with Crippen LogP contribution in [0, 0.1) is 0 Å². The molecule has 118 valence electrons. The summed E-state index contributed by atoms with van der Waals surface area (Å²) in [5.41, 5.74) is 0.877. The Hall–Kier alpha value is -1.31. The first-order chi connectivity index (χ1) is 10.4. The average molecular weight is 356 g/mol. The maximum Gasteiger partial charge on any atom is 0.230 e. The third kappa shape index (κ3) is 4.86. The highest BCUT2D eigenvalue weighted by Gasteiger charge is 2.12. The summed E-state index contributed by atoms with van der Waals surface area (Å²) in [7, 11) is -3.19. The number of hydrogen-bond donors (Lipinski definition) is 1. The molecule has 1 atom stereocenters. The zero-order chi connectivity index (χ0) is 16.2. The normalized spacial score (nSPS) is 12.8. The molecule has 0 aliphatic rings. The van der Waals surface area contributed by atoms with E-state index in [1.807, 2.05) is 24.4 Å². The molecule has 0 saturated heterocycles. The van der Waals surface area contributed by atoms with Crippen molar-refractivity contribution in [3.63, 3.8) is 0 Å². The van der Waals surface area contributed by atoms with E-state index in [1.54, 1.807) is 35.6 Å². The molecule has 0 unspecified atom stereocenters. The lowest BCUT2D eigenvalue weighted by molar-refractivity contribution is -0.119. The number of rotatable bonds is 6. The summed E-state index contributed by atoms with van der Waals surface area (Å²) in [5.74, 6) is 0.324. The molecule has 2 aromatic rings. The Kier molecular flexibility index (Phi) is 5.66. The van der Waals surface area contributed by atoms with Crippen LogP contribution in [0.25, 0.3) is 0 Å². The predicted octanol–water partition coefficient (Wildman–Crippen LogP) is 3.12. The minimum atomic E-state index is -3.19. The van der Waals surface area contributed by atoms with E-state index in [0.717, 1.165) is 9.77 Å². The van der Waals surface area contributed by atoms with E-state index in [4.69, 9.17) is 0 Å². The van der Waals surface area contributed by atoms with E-state index < -0.39 is 9.84 Å². The van der Waals surface area contributed by atoms with Crippen LogP contribution < -0.4 is 5.32 Å². The van der Waals surface area contributed by atoms with Gasteiger partial charge in [-0.2, -0.15) is 0 Å². The average Bonchev–Trinajstić information content (AvgIpc) is 2.97. The van der Waals surface area contributed by atoms with Crippen molar-refractivity contribution in [3.8, 4) is 0 Å². The highest BCUT2D eigenvalue weighted by atomic mass is 32.2. The monoisotopic (exact) mass is 355 g/mol. The van der Waals surface area contributed by atoms with Gasteiger partial charge < -0.3 is 5.32 Å². The van der Waals surface area contributed by atoms with Crippen molar-refractivity contribution in [1.29, 1.82) is 0 Å². The summed E-state index contributed by atoms with van der Waals surface area (Å²) in [6.45, 7) is 1.88. The molecule has 0 aliphatic carbocycles. The molecule has 1 amide bonds. The van der Waals surface area contributed by atoms with Crippen LogP contribution in [0.3, 0.4) is 0 Å². The van der Waals surface area contributed by atoms with Crippen LogP contribution in [0.4, 0.5) is 0 Å². The fourth-order valence-electron chi connectivity index (χ4n) is 1.85. The number of amides is 1. The molecule has 0 saturated carbocycles. The summed E-state index contributed by atoms with van der Waals surface area (Å²) >= 11 is 3.12. The quantitative estimate of drug-likeness (QED) is 0.809. The minimum absolute atomic E-state index is 0.0434. The molecule has 1 aromatic carbocycles. The van der Waals surface area contributed by atoms with E-state index in [-0.39, 0.29) is 16.8 Å². The summed E-state index contributed by atoms with van der Waals surface area (Å²) < 4.78 is 23.9. The van der Waals surface area contributed by atoms with Crippen molar-refractivity contribution in [2.45, 2.75) is 22.1 Å². The molecule has 7 heteroatoms. The van der Waals surface area contributed by atoms with Gasteiger partial charge in [0.05, 0.1) is 20.9 Å². The molecule has 1 heterocycles. The largest absolute Gasteiger partial charge is 0.349 e. The molecule has 0 bridgehead atoms. The van der Waals surface area contributed by atoms with E-state index >= 15 is 0 Å². The van der Waals surface area contributed by atoms with Gasteiger partial charge in [-0.05, 0) is 36.1 Å². The SMILES string of the molecule is C[C@H](NC(=O)CSc1cccs1)c1ccc(S(C)(=O)=O)cc1. The second kappa shape index (κ2) is 7.30. The fourth-order valence-corrected chi connectivity index (χ4v) is 4.08. The number of benzene rings is 1. The standard InChI is InChI=1S/C15H17NO3S3/c1-11(12-5-7-13(8-6-12)22(2,18)19)16-14(17)10-21-15-4-3-9-20-15/h3-9,11H,10H2,1-2H3,(H,16,17)/t11-/m0/s1. The second-order valence-electron chi connectivity index (χ2n) is 4.85. The number of sulfone groups is 1. The highest BCUT2D eigenvalue weighted by Crippen LogP contribution is 2.23. The second-order valence-corrected chi connectivity index (χ2v) is 9.09. The van der Waals surface area contributed by atoms with E-state index in [2.05, 4.69) is 5.32 Å². The van der Waals surface area contributed by atoms with Crippen LogP contribution in [-0.4, -0.2) is 26.3 Å². The van der Waals surface area contributed by atoms with Crippen molar-refractivity contribution in [1.82, 2.24) is 5.32 Å². The first-order valence-corrected chi connectivity index (χ1v) is 10.4. The smallest absolute Gasteiger partial charge is 0.230 e. The Morgan fingerprint density at radius 3 is 2.50 bits per heavy atom. The Labute approximate surface area is 138 Å². The zero-order valence-corrected chi connectivity index (χ0v) is 14.7. The molecular weight excluding hydrogens is 338 g/mol. The van der Waals surface area contributed by atoms with Crippen molar-refractivity contribution in [2.24, 2.45) is 0 Å². The zero-order valence-electron chi connectivity index (χ0n) is 12.3. The molecule has 22 heavy (non-hydrogen) atoms. The van der Waals surface area contributed by atoms with Crippen molar-refractivity contribution in [2.75, 3.05) is 12.0 Å². The van der Waals surface area contributed by atoms with Crippen LogP contribution in [0.5, 0.6) is 0 Å². The molecule has 4 nitrogen and oxygen atoms in total. The summed E-state index contributed by atoms with van der Waals surface area (Å²) in [6.07, 6.45) is 1.18. The molecular formula is C15H17NO3S3.